The summed E-state index contributed by atoms with van der Waals surface area (Å²) in [5.41, 5.74) is 6.64. The number of nitrogens with zero attached hydrogens (tertiary/aromatic N) is 1. The molecular formula is C22H21BrN4O. The van der Waals surface area contributed by atoms with Gasteiger partial charge < -0.3 is 10.3 Å². The number of amides is 1. The number of hydrogen-bond acceptors (Lipinski definition) is 2. The lowest BCUT2D eigenvalue weighted by Crippen LogP contribution is -2.22. The Bertz CT molecular complexity index is 1100. The van der Waals surface area contributed by atoms with Crippen molar-refractivity contribution in [2.75, 3.05) is 0 Å². The first-order valence-electron chi connectivity index (χ1n) is 9.21. The molecule has 0 bridgehead atoms. The molecule has 28 heavy (non-hydrogen) atoms. The second-order valence-electron chi connectivity index (χ2n) is 6.92. The third-order valence-electron chi connectivity index (χ3n) is 4.84. The van der Waals surface area contributed by atoms with Crippen LogP contribution in [0.15, 0.2) is 59.3 Å². The van der Waals surface area contributed by atoms with Gasteiger partial charge in [0.25, 0.3) is 0 Å². The minimum absolute atomic E-state index is 0.0324. The zero-order chi connectivity index (χ0) is 19.5. The predicted octanol–water partition coefficient (Wildman–Crippen LogP) is 4.88. The van der Waals surface area contributed by atoms with Crippen molar-refractivity contribution < 1.29 is 4.79 Å². The Kier molecular flexibility index (Phi) is 5.30. The maximum Gasteiger partial charge on any atom is 0.220 e. The number of halogens is 1. The van der Waals surface area contributed by atoms with Gasteiger partial charge in [-0.2, -0.15) is 5.10 Å². The summed E-state index contributed by atoms with van der Waals surface area (Å²) < 4.78 is 1.04. The summed E-state index contributed by atoms with van der Waals surface area (Å²) in [6.45, 7) is 2.58. The Morgan fingerprint density at radius 3 is 2.75 bits per heavy atom. The van der Waals surface area contributed by atoms with Crippen molar-refractivity contribution in [2.45, 2.75) is 26.3 Å². The van der Waals surface area contributed by atoms with Gasteiger partial charge in [-0.1, -0.05) is 39.7 Å². The summed E-state index contributed by atoms with van der Waals surface area (Å²) in [7, 11) is 0. The van der Waals surface area contributed by atoms with Gasteiger partial charge in [0, 0.05) is 45.8 Å². The monoisotopic (exact) mass is 436 g/mol. The normalized spacial score (nSPS) is 11.1. The number of rotatable bonds is 6. The van der Waals surface area contributed by atoms with Crippen molar-refractivity contribution >= 4 is 32.7 Å². The van der Waals surface area contributed by atoms with Crippen molar-refractivity contribution in [3.63, 3.8) is 0 Å². The van der Waals surface area contributed by atoms with Crippen molar-refractivity contribution in [1.82, 2.24) is 20.5 Å². The number of aromatic amines is 2. The van der Waals surface area contributed by atoms with Gasteiger partial charge >= 0.3 is 0 Å². The van der Waals surface area contributed by atoms with Gasteiger partial charge in [0.15, 0.2) is 0 Å². The number of carbonyl (C=O) groups excluding carboxylic acids is 1. The van der Waals surface area contributed by atoms with E-state index in [2.05, 4.69) is 73.7 Å². The molecule has 2 aromatic carbocycles. The van der Waals surface area contributed by atoms with Crippen LogP contribution in [-0.2, 0) is 17.8 Å². The molecule has 4 aromatic rings. The van der Waals surface area contributed by atoms with E-state index < -0.39 is 0 Å². The second kappa shape index (κ2) is 8.02. The number of benzene rings is 2. The fourth-order valence-corrected chi connectivity index (χ4v) is 3.65. The smallest absolute Gasteiger partial charge is 0.220 e. The van der Waals surface area contributed by atoms with E-state index in [4.69, 9.17) is 0 Å². The van der Waals surface area contributed by atoms with Crippen LogP contribution < -0.4 is 5.32 Å². The Labute approximate surface area is 171 Å². The van der Waals surface area contributed by atoms with Crippen LogP contribution in [0.5, 0.6) is 0 Å². The number of aryl methyl sites for hydroxylation is 2. The molecule has 1 amide bonds. The SMILES string of the molecule is Cc1ccc2[nH]c(-c3ccc(Br)cc3)c(CCC(=O)NCc3cn[nH]c3)c2c1. The standard InChI is InChI=1S/C22H21BrN4O/c1-14-2-8-20-19(10-14)18(22(27-20)16-3-5-17(23)6-4-16)7-9-21(28)24-11-15-12-25-26-13-15/h2-6,8,10,12-13,27H,7,9,11H2,1H3,(H,24,28)(H,25,26). The lowest BCUT2D eigenvalue weighted by Gasteiger charge is -2.07. The van der Waals surface area contributed by atoms with E-state index in [9.17, 15) is 4.79 Å². The van der Waals surface area contributed by atoms with Crippen LogP contribution >= 0.6 is 15.9 Å². The van der Waals surface area contributed by atoms with Gasteiger partial charge in [-0.15, -0.1) is 0 Å². The van der Waals surface area contributed by atoms with E-state index in [-0.39, 0.29) is 5.91 Å². The van der Waals surface area contributed by atoms with Crippen LogP contribution in [0.2, 0.25) is 0 Å². The summed E-state index contributed by atoms with van der Waals surface area (Å²) >= 11 is 3.49. The third kappa shape index (κ3) is 4.02. The van der Waals surface area contributed by atoms with Crippen LogP contribution in [0.3, 0.4) is 0 Å². The first kappa shape index (κ1) is 18.5. The Morgan fingerprint density at radius 2 is 2.00 bits per heavy atom. The number of carbonyl (C=O) groups is 1. The molecule has 0 fully saturated rings. The molecular weight excluding hydrogens is 416 g/mol. The topological polar surface area (TPSA) is 73.6 Å². The van der Waals surface area contributed by atoms with E-state index in [1.807, 2.05) is 12.1 Å². The Hall–Kier alpha value is -2.86. The summed E-state index contributed by atoms with van der Waals surface area (Å²) in [6, 6.07) is 14.6. The molecule has 0 aliphatic heterocycles. The highest BCUT2D eigenvalue weighted by Gasteiger charge is 2.15. The van der Waals surface area contributed by atoms with E-state index in [1.165, 1.54) is 16.5 Å². The fraction of sp³-hybridized carbons (Fsp3) is 0.182. The molecule has 0 aliphatic rings. The van der Waals surface area contributed by atoms with E-state index >= 15 is 0 Å². The van der Waals surface area contributed by atoms with Crippen LogP contribution in [-0.4, -0.2) is 21.1 Å². The van der Waals surface area contributed by atoms with E-state index in [0.29, 0.717) is 19.4 Å². The van der Waals surface area contributed by atoms with Gasteiger partial charge in [0.2, 0.25) is 5.91 Å². The molecule has 142 valence electrons. The molecule has 2 heterocycles. The molecule has 0 atom stereocenters. The molecule has 4 rings (SSSR count). The second-order valence-corrected chi connectivity index (χ2v) is 7.83. The molecule has 0 saturated heterocycles. The van der Waals surface area contributed by atoms with Crippen LogP contribution in [0.1, 0.15) is 23.1 Å². The molecule has 6 heteroatoms. The number of nitrogens with one attached hydrogen (secondary N) is 3. The van der Waals surface area contributed by atoms with Crippen LogP contribution in [0.4, 0.5) is 0 Å². The number of aromatic nitrogens is 3. The van der Waals surface area contributed by atoms with Gasteiger partial charge in [0.1, 0.15) is 0 Å². The minimum atomic E-state index is 0.0324. The van der Waals surface area contributed by atoms with Crippen molar-refractivity contribution in [2.24, 2.45) is 0 Å². The van der Waals surface area contributed by atoms with E-state index in [0.717, 1.165) is 26.8 Å². The highest BCUT2D eigenvalue weighted by atomic mass is 79.9. The highest BCUT2D eigenvalue weighted by Crippen LogP contribution is 2.32. The maximum atomic E-state index is 12.4. The minimum Gasteiger partial charge on any atom is -0.354 e. The lowest BCUT2D eigenvalue weighted by atomic mass is 10.00. The molecule has 0 spiro atoms. The number of H-pyrrole nitrogens is 2. The molecule has 0 saturated carbocycles. The predicted molar refractivity (Wildman–Crippen MR) is 115 cm³/mol. The fourth-order valence-electron chi connectivity index (χ4n) is 3.39. The average molecular weight is 437 g/mol. The maximum absolute atomic E-state index is 12.4. The van der Waals surface area contributed by atoms with Gasteiger partial charge in [0.05, 0.1) is 6.20 Å². The van der Waals surface area contributed by atoms with E-state index in [1.54, 1.807) is 12.4 Å². The van der Waals surface area contributed by atoms with Crippen molar-refractivity contribution in [1.29, 1.82) is 0 Å². The first-order valence-corrected chi connectivity index (χ1v) is 10.0. The lowest BCUT2D eigenvalue weighted by molar-refractivity contribution is -0.121. The zero-order valence-corrected chi connectivity index (χ0v) is 17.1. The third-order valence-corrected chi connectivity index (χ3v) is 5.37. The Morgan fingerprint density at radius 1 is 1.18 bits per heavy atom. The summed E-state index contributed by atoms with van der Waals surface area (Å²) in [6.07, 6.45) is 4.61. The van der Waals surface area contributed by atoms with Crippen molar-refractivity contribution in [3.05, 3.63) is 76.0 Å². The molecule has 0 radical (unpaired) electrons. The average Bonchev–Trinajstić information content (AvgIpc) is 3.33. The molecule has 5 nitrogen and oxygen atoms in total. The Balaban J connectivity index is 1.59. The first-order chi connectivity index (χ1) is 13.6. The molecule has 0 unspecified atom stereocenters. The number of fused-ring (bicyclic) bond motifs is 1. The molecule has 3 N–H and O–H groups in total. The highest BCUT2D eigenvalue weighted by molar-refractivity contribution is 9.10. The largest absolute Gasteiger partial charge is 0.354 e. The van der Waals surface area contributed by atoms with Crippen LogP contribution in [0, 0.1) is 6.92 Å². The molecule has 0 aliphatic carbocycles. The van der Waals surface area contributed by atoms with Gasteiger partial charge in [-0.25, -0.2) is 0 Å². The summed E-state index contributed by atoms with van der Waals surface area (Å²) in [5, 5.41) is 10.8. The van der Waals surface area contributed by atoms with Gasteiger partial charge in [-0.05, 0) is 48.7 Å². The summed E-state index contributed by atoms with van der Waals surface area (Å²) in [4.78, 5) is 15.9. The van der Waals surface area contributed by atoms with Crippen molar-refractivity contribution in [3.8, 4) is 11.3 Å². The zero-order valence-electron chi connectivity index (χ0n) is 15.6. The van der Waals surface area contributed by atoms with Crippen LogP contribution in [0.25, 0.3) is 22.2 Å². The molecule has 2 aromatic heterocycles. The quantitative estimate of drug-likeness (QED) is 0.402. The summed E-state index contributed by atoms with van der Waals surface area (Å²) in [5.74, 6) is 0.0324. The van der Waals surface area contributed by atoms with Gasteiger partial charge in [-0.3, -0.25) is 9.89 Å². The number of hydrogen-bond donors (Lipinski definition) is 3.